The minimum absolute atomic E-state index is 0.549. The summed E-state index contributed by atoms with van der Waals surface area (Å²) in [4.78, 5) is 4.15. The van der Waals surface area contributed by atoms with Crippen molar-refractivity contribution in [2.75, 3.05) is 7.05 Å². The Labute approximate surface area is 114 Å². The fraction of sp³-hybridized carbons (Fsp3) is 0.400. The van der Waals surface area contributed by atoms with Crippen molar-refractivity contribution in [3.8, 4) is 5.75 Å². The molecule has 0 atom stereocenters. The number of aryl methyl sites for hydroxylation is 2. The topological polar surface area (TPSA) is 39.1 Å². The lowest BCUT2D eigenvalue weighted by Crippen LogP contribution is -2.09. The van der Waals surface area contributed by atoms with Crippen LogP contribution in [-0.2, 0) is 19.7 Å². The van der Waals surface area contributed by atoms with Gasteiger partial charge in [0.15, 0.2) is 0 Å². The summed E-state index contributed by atoms with van der Waals surface area (Å²) >= 11 is 0. The molecule has 0 aliphatic heterocycles. The van der Waals surface area contributed by atoms with E-state index in [4.69, 9.17) is 4.74 Å². The fourth-order valence-corrected chi connectivity index (χ4v) is 2.08. The maximum absolute atomic E-state index is 5.93. The van der Waals surface area contributed by atoms with E-state index in [0.29, 0.717) is 6.61 Å². The van der Waals surface area contributed by atoms with E-state index in [1.54, 1.807) is 0 Å². The van der Waals surface area contributed by atoms with Crippen molar-refractivity contribution in [2.45, 2.75) is 33.5 Å². The summed E-state index contributed by atoms with van der Waals surface area (Å²) in [5, 5.41) is 3.17. The van der Waals surface area contributed by atoms with Crippen LogP contribution in [0.15, 0.2) is 30.7 Å². The summed E-state index contributed by atoms with van der Waals surface area (Å²) in [5.74, 6) is 0.934. The number of imidazole rings is 1. The Bertz CT molecular complexity index is 534. The highest BCUT2D eigenvalue weighted by atomic mass is 16.5. The van der Waals surface area contributed by atoms with Crippen LogP contribution in [0.4, 0.5) is 0 Å². The standard InChI is InChI=1S/C15H21N3O/c1-4-18-11-17-9-14(18)10-19-15-6-5-12(2)7-13(15)8-16-3/h5-7,9,11,16H,4,8,10H2,1-3H3. The summed E-state index contributed by atoms with van der Waals surface area (Å²) in [6.07, 6.45) is 3.69. The minimum Gasteiger partial charge on any atom is -0.487 e. The van der Waals surface area contributed by atoms with E-state index in [0.717, 1.165) is 24.5 Å². The van der Waals surface area contributed by atoms with Gasteiger partial charge in [-0.3, -0.25) is 0 Å². The number of nitrogens with zero attached hydrogens (tertiary/aromatic N) is 2. The zero-order valence-corrected chi connectivity index (χ0v) is 11.8. The summed E-state index contributed by atoms with van der Waals surface area (Å²) in [5.41, 5.74) is 3.53. The second-order valence-electron chi connectivity index (χ2n) is 4.60. The molecule has 4 heteroatoms. The number of hydrogen-bond acceptors (Lipinski definition) is 3. The third-order valence-electron chi connectivity index (χ3n) is 3.10. The van der Waals surface area contributed by atoms with Gasteiger partial charge in [0.1, 0.15) is 12.4 Å². The lowest BCUT2D eigenvalue weighted by Gasteiger charge is -2.13. The predicted octanol–water partition coefficient (Wildman–Crippen LogP) is 2.51. The molecule has 1 aromatic heterocycles. The van der Waals surface area contributed by atoms with Gasteiger partial charge in [0, 0.05) is 18.7 Å². The maximum Gasteiger partial charge on any atom is 0.130 e. The molecule has 1 heterocycles. The molecule has 0 bridgehead atoms. The first-order chi connectivity index (χ1) is 9.24. The zero-order valence-electron chi connectivity index (χ0n) is 11.8. The molecule has 2 aromatic rings. The predicted molar refractivity (Wildman–Crippen MR) is 76.2 cm³/mol. The first kappa shape index (κ1) is 13.6. The third kappa shape index (κ3) is 3.35. The molecule has 0 unspecified atom stereocenters. The van der Waals surface area contributed by atoms with Crippen molar-refractivity contribution < 1.29 is 4.74 Å². The van der Waals surface area contributed by atoms with Crippen LogP contribution in [0.25, 0.3) is 0 Å². The number of ether oxygens (including phenoxy) is 1. The van der Waals surface area contributed by atoms with Crippen LogP contribution in [0.1, 0.15) is 23.7 Å². The SMILES string of the molecule is CCn1cncc1COc1ccc(C)cc1CNC. The lowest BCUT2D eigenvalue weighted by molar-refractivity contribution is 0.292. The normalized spacial score (nSPS) is 10.7. The molecular weight excluding hydrogens is 238 g/mol. The van der Waals surface area contributed by atoms with Crippen molar-refractivity contribution in [3.63, 3.8) is 0 Å². The largest absolute Gasteiger partial charge is 0.487 e. The summed E-state index contributed by atoms with van der Waals surface area (Å²) in [6, 6.07) is 6.27. The molecule has 1 aromatic carbocycles. The second-order valence-corrected chi connectivity index (χ2v) is 4.60. The Balaban J connectivity index is 2.10. The van der Waals surface area contributed by atoms with Crippen molar-refractivity contribution >= 4 is 0 Å². The molecule has 102 valence electrons. The molecule has 0 amide bonds. The Hall–Kier alpha value is -1.81. The summed E-state index contributed by atoms with van der Waals surface area (Å²) < 4.78 is 8.02. The molecule has 1 N–H and O–H groups in total. The molecule has 0 spiro atoms. The molecular formula is C15H21N3O. The van der Waals surface area contributed by atoms with Gasteiger partial charge in [0.05, 0.1) is 18.2 Å². The molecule has 2 rings (SSSR count). The lowest BCUT2D eigenvalue weighted by atomic mass is 10.1. The van der Waals surface area contributed by atoms with E-state index in [2.05, 4.69) is 40.8 Å². The van der Waals surface area contributed by atoms with E-state index in [-0.39, 0.29) is 0 Å². The Morgan fingerprint density at radius 3 is 2.95 bits per heavy atom. The number of benzene rings is 1. The fourth-order valence-electron chi connectivity index (χ4n) is 2.08. The minimum atomic E-state index is 0.549. The van der Waals surface area contributed by atoms with E-state index in [9.17, 15) is 0 Å². The Morgan fingerprint density at radius 1 is 1.37 bits per heavy atom. The van der Waals surface area contributed by atoms with Gasteiger partial charge in [0.2, 0.25) is 0 Å². The van der Waals surface area contributed by atoms with Crippen LogP contribution in [0.3, 0.4) is 0 Å². The highest BCUT2D eigenvalue weighted by Crippen LogP contribution is 2.21. The van der Waals surface area contributed by atoms with Gasteiger partial charge >= 0.3 is 0 Å². The van der Waals surface area contributed by atoms with Gasteiger partial charge in [-0.05, 0) is 27.0 Å². The molecule has 19 heavy (non-hydrogen) atoms. The summed E-state index contributed by atoms with van der Waals surface area (Å²) in [7, 11) is 1.94. The monoisotopic (exact) mass is 259 g/mol. The van der Waals surface area contributed by atoms with Crippen LogP contribution < -0.4 is 10.1 Å². The maximum atomic E-state index is 5.93. The van der Waals surface area contributed by atoms with Crippen molar-refractivity contribution in [1.82, 2.24) is 14.9 Å². The van der Waals surface area contributed by atoms with Crippen LogP contribution in [0.2, 0.25) is 0 Å². The quantitative estimate of drug-likeness (QED) is 0.866. The molecule has 0 saturated carbocycles. The van der Waals surface area contributed by atoms with Crippen LogP contribution in [0.5, 0.6) is 5.75 Å². The van der Waals surface area contributed by atoms with Crippen LogP contribution in [-0.4, -0.2) is 16.6 Å². The van der Waals surface area contributed by atoms with Gasteiger partial charge < -0.3 is 14.6 Å². The zero-order chi connectivity index (χ0) is 13.7. The van der Waals surface area contributed by atoms with E-state index in [1.165, 1.54) is 11.1 Å². The smallest absolute Gasteiger partial charge is 0.130 e. The average Bonchev–Trinajstić information content (AvgIpc) is 2.85. The Kier molecular flexibility index (Phi) is 4.58. The van der Waals surface area contributed by atoms with E-state index in [1.807, 2.05) is 25.6 Å². The van der Waals surface area contributed by atoms with E-state index >= 15 is 0 Å². The molecule has 0 radical (unpaired) electrons. The molecule has 0 aliphatic carbocycles. The molecule has 0 aliphatic rings. The van der Waals surface area contributed by atoms with Gasteiger partial charge in [-0.25, -0.2) is 4.98 Å². The van der Waals surface area contributed by atoms with Crippen molar-refractivity contribution in [3.05, 3.63) is 47.5 Å². The highest BCUT2D eigenvalue weighted by molar-refractivity contribution is 5.36. The van der Waals surface area contributed by atoms with Crippen LogP contribution >= 0.6 is 0 Å². The third-order valence-corrected chi connectivity index (χ3v) is 3.10. The summed E-state index contributed by atoms with van der Waals surface area (Å²) in [6.45, 7) is 6.46. The van der Waals surface area contributed by atoms with Gasteiger partial charge in [-0.15, -0.1) is 0 Å². The average molecular weight is 259 g/mol. The molecule has 4 nitrogen and oxygen atoms in total. The van der Waals surface area contributed by atoms with E-state index < -0.39 is 0 Å². The van der Waals surface area contributed by atoms with Crippen LogP contribution in [0, 0.1) is 6.92 Å². The molecule has 0 fully saturated rings. The van der Waals surface area contributed by atoms with Gasteiger partial charge in [-0.1, -0.05) is 17.7 Å². The van der Waals surface area contributed by atoms with Crippen molar-refractivity contribution in [1.29, 1.82) is 0 Å². The molecule has 0 saturated heterocycles. The number of hydrogen-bond donors (Lipinski definition) is 1. The van der Waals surface area contributed by atoms with Crippen molar-refractivity contribution in [2.24, 2.45) is 0 Å². The Morgan fingerprint density at radius 2 is 2.21 bits per heavy atom. The second kappa shape index (κ2) is 6.38. The number of rotatable bonds is 6. The number of aromatic nitrogens is 2. The highest BCUT2D eigenvalue weighted by Gasteiger charge is 2.06. The first-order valence-electron chi connectivity index (χ1n) is 6.60. The first-order valence-corrected chi connectivity index (χ1v) is 6.60. The van der Waals surface area contributed by atoms with Gasteiger partial charge in [-0.2, -0.15) is 0 Å². The van der Waals surface area contributed by atoms with Gasteiger partial charge in [0.25, 0.3) is 0 Å². The number of nitrogens with one attached hydrogen (secondary N) is 1.